The number of nitrogens with one attached hydrogen (secondary N) is 1. The number of hydrogen-bond acceptors (Lipinski definition) is 8. The molecule has 1 fully saturated rings. The third kappa shape index (κ3) is 6.73. The van der Waals surface area contributed by atoms with Crippen LogP contribution >= 0.6 is 0 Å². The molecule has 1 N–H and O–H groups in total. The molecule has 0 bridgehead atoms. The van der Waals surface area contributed by atoms with Crippen molar-refractivity contribution >= 4 is 40.7 Å². The van der Waals surface area contributed by atoms with Crippen molar-refractivity contribution in [2.75, 3.05) is 63.2 Å². The molecule has 2 aromatic rings. The number of ether oxygens (including phenoxy) is 2. The van der Waals surface area contributed by atoms with Gasteiger partial charge in [-0.05, 0) is 48.0 Å². The van der Waals surface area contributed by atoms with Gasteiger partial charge in [0.2, 0.25) is 5.91 Å². The van der Waals surface area contributed by atoms with Crippen molar-refractivity contribution in [1.29, 1.82) is 0 Å². The van der Waals surface area contributed by atoms with Crippen molar-refractivity contribution in [2.24, 2.45) is 0 Å². The number of carbonyl (C=O) groups excluding carboxylic acids is 4. The largest absolute Gasteiger partial charge is 0.453 e. The van der Waals surface area contributed by atoms with Crippen LogP contribution in [0, 0.1) is 5.82 Å². The lowest BCUT2D eigenvalue weighted by Crippen LogP contribution is -2.50. The van der Waals surface area contributed by atoms with E-state index in [0.29, 0.717) is 43.0 Å². The van der Waals surface area contributed by atoms with Crippen LogP contribution in [-0.2, 0) is 23.9 Å². The lowest BCUT2D eigenvalue weighted by Gasteiger charge is -2.36. The Labute approximate surface area is 225 Å². The zero-order valence-corrected chi connectivity index (χ0v) is 22.1. The predicted octanol–water partition coefficient (Wildman–Crippen LogP) is 1.84. The number of nitrogens with zero attached hydrogens (tertiary/aromatic N) is 3. The molecular formula is C28H31FN4O6. The molecular weight excluding hydrogens is 507 g/mol. The van der Waals surface area contributed by atoms with Crippen molar-refractivity contribution in [3.8, 4) is 0 Å². The number of amides is 2. The second-order valence-electron chi connectivity index (χ2n) is 9.51. The van der Waals surface area contributed by atoms with E-state index in [9.17, 15) is 19.2 Å². The van der Waals surface area contributed by atoms with Crippen molar-refractivity contribution in [3.05, 3.63) is 65.5 Å². The van der Waals surface area contributed by atoms with E-state index in [2.05, 4.69) is 5.32 Å². The number of anilines is 2. The molecule has 2 heterocycles. The molecule has 0 spiro atoms. The Morgan fingerprint density at radius 3 is 2.38 bits per heavy atom. The molecule has 0 saturated carbocycles. The number of piperazine rings is 1. The smallest absolute Gasteiger partial charge is 0.339 e. The number of rotatable bonds is 8. The second-order valence-corrected chi connectivity index (χ2v) is 9.51. The molecule has 2 aliphatic rings. The Balaban J connectivity index is 1.29. The van der Waals surface area contributed by atoms with E-state index < -0.39 is 23.9 Å². The first-order chi connectivity index (χ1) is 18.6. The van der Waals surface area contributed by atoms with Crippen molar-refractivity contribution in [2.45, 2.75) is 13.0 Å². The van der Waals surface area contributed by atoms with E-state index in [4.69, 9.17) is 9.47 Å². The van der Waals surface area contributed by atoms with Crippen molar-refractivity contribution < 1.29 is 33.0 Å². The molecule has 1 atom stereocenters. The summed E-state index contributed by atoms with van der Waals surface area (Å²) in [7, 11) is 3.79. The molecule has 2 aliphatic heterocycles. The van der Waals surface area contributed by atoms with E-state index in [1.54, 1.807) is 47.4 Å². The lowest BCUT2D eigenvalue weighted by molar-refractivity contribution is -0.138. The normalized spacial score (nSPS) is 16.9. The van der Waals surface area contributed by atoms with Crippen LogP contribution in [0.3, 0.4) is 0 Å². The number of halogens is 1. The quantitative estimate of drug-likeness (QED) is 0.508. The maximum atomic E-state index is 15.0. The zero-order valence-electron chi connectivity index (χ0n) is 22.1. The summed E-state index contributed by atoms with van der Waals surface area (Å²) in [5, 5.41) is 2.59. The van der Waals surface area contributed by atoms with Gasteiger partial charge in [0.05, 0.1) is 23.4 Å². The van der Waals surface area contributed by atoms with Gasteiger partial charge in [0.1, 0.15) is 11.9 Å². The van der Waals surface area contributed by atoms with Crippen molar-refractivity contribution in [3.63, 3.8) is 0 Å². The van der Waals surface area contributed by atoms with Gasteiger partial charge < -0.3 is 29.5 Å². The predicted molar refractivity (Wildman–Crippen MR) is 143 cm³/mol. The molecule has 1 saturated heterocycles. The summed E-state index contributed by atoms with van der Waals surface area (Å²) in [5.41, 5.74) is 2.30. The molecule has 0 unspecified atom stereocenters. The number of esters is 2. The Kier molecular flexibility index (Phi) is 8.48. The Morgan fingerprint density at radius 1 is 1.08 bits per heavy atom. The minimum atomic E-state index is -0.604. The molecule has 0 aliphatic carbocycles. The first-order valence-electron chi connectivity index (χ1n) is 12.6. The highest BCUT2D eigenvalue weighted by Crippen LogP contribution is 2.29. The molecule has 2 amide bonds. The van der Waals surface area contributed by atoms with E-state index >= 15 is 4.39 Å². The van der Waals surface area contributed by atoms with E-state index in [1.165, 1.54) is 13.0 Å². The molecule has 206 valence electrons. The fraction of sp³-hybridized carbons (Fsp3) is 0.357. The summed E-state index contributed by atoms with van der Waals surface area (Å²) in [6.07, 6.45) is 0.968. The number of cyclic esters (lactones) is 1. The molecule has 39 heavy (non-hydrogen) atoms. The van der Waals surface area contributed by atoms with E-state index in [0.717, 1.165) is 5.69 Å². The average molecular weight is 539 g/mol. The van der Waals surface area contributed by atoms with Gasteiger partial charge >= 0.3 is 11.9 Å². The van der Waals surface area contributed by atoms with Crippen LogP contribution in [-0.4, -0.2) is 88.2 Å². The first kappa shape index (κ1) is 27.6. The van der Waals surface area contributed by atoms with Crippen molar-refractivity contribution in [1.82, 2.24) is 10.2 Å². The maximum absolute atomic E-state index is 15.0. The van der Waals surface area contributed by atoms with Crippen LogP contribution in [0.25, 0.3) is 5.57 Å². The molecule has 2 aromatic carbocycles. The van der Waals surface area contributed by atoms with E-state index in [-0.39, 0.29) is 30.5 Å². The zero-order chi connectivity index (χ0) is 28.1. The van der Waals surface area contributed by atoms with Crippen LogP contribution in [0.4, 0.5) is 15.8 Å². The molecule has 0 radical (unpaired) electrons. The summed E-state index contributed by atoms with van der Waals surface area (Å²) < 4.78 is 25.5. The fourth-order valence-corrected chi connectivity index (χ4v) is 4.37. The van der Waals surface area contributed by atoms with Gasteiger partial charge in [0.15, 0.2) is 6.61 Å². The van der Waals surface area contributed by atoms with Gasteiger partial charge in [-0.3, -0.25) is 9.59 Å². The summed E-state index contributed by atoms with van der Waals surface area (Å²) in [5.74, 6) is -2.20. The monoisotopic (exact) mass is 538 g/mol. The number of benzene rings is 2. The van der Waals surface area contributed by atoms with Gasteiger partial charge in [-0.1, -0.05) is 6.07 Å². The highest BCUT2D eigenvalue weighted by molar-refractivity contribution is 6.18. The summed E-state index contributed by atoms with van der Waals surface area (Å²) in [4.78, 5) is 53.5. The first-order valence-corrected chi connectivity index (χ1v) is 12.6. The van der Waals surface area contributed by atoms with Crippen LogP contribution < -0.4 is 15.1 Å². The average Bonchev–Trinajstić information content (AvgIpc) is 3.30. The van der Waals surface area contributed by atoms with Gasteiger partial charge in [-0.15, -0.1) is 0 Å². The molecule has 10 nitrogen and oxygen atoms in total. The summed E-state index contributed by atoms with van der Waals surface area (Å²) in [6, 6.07) is 11.4. The summed E-state index contributed by atoms with van der Waals surface area (Å²) >= 11 is 0. The lowest BCUT2D eigenvalue weighted by atomic mass is 10.0. The van der Waals surface area contributed by atoms with E-state index in [1.807, 2.05) is 23.9 Å². The van der Waals surface area contributed by atoms with Gasteiger partial charge in [0, 0.05) is 52.9 Å². The third-order valence-corrected chi connectivity index (χ3v) is 6.56. The third-order valence-electron chi connectivity index (χ3n) is 6.56. The van der Waals surface area contributed by atoms with Crippen LogP contribution in [0.15, 0.2) is 48.5 Å². The standard InChI is InChI=1S/C28H31FN4O6/c1-18(34)30-16-22-15-23(28(37)39-22)20-6-9-25(24(29)14-20)32-10-12-33(13-11-32)26(35)17-38-27(36)19-4-7-21(8-5-19)31(2)3/h4-9,14-15,22H,10-13,16-17H2,1-3H3,(H,30,34)/t22-/m1/s1. The molecule has 4 rings (SSSR count). The van der Waals surface area contributed by atoms with Crippen LogP contribution in [0.1, 0.15) is 22.8 Å². The highest BCUT2D eigenvalue weighted by atomic mass is 19.1. The highest BCUT2D eigenvalue weighted by Gasteiger charge is 2.28. The summed E-state index contributed by atoms with van der Waals surface area (Å²) in [6.45, 7) is 2.63. The van der Waals surface area contributed by atoms with Gasteiger partial charge in [-0.25, -0.2) is 14.0 Å². The Bertz CT molecular complexity index is 1290. The van der Waals surface area contributed by atoms with Crippen LogP contribution in [0.2, 0.25) is 0 Å². The Morgan fingerprint density at radius 2 is 1.77 bits per heavy atom. The number of carbonyl (C=O) groups is 4. The minimum absolute atomic E-state index is 0.150. The van der Waals surface area contributed by atoms with Crippen LogP contribution in [0.5, 0.6) is 0 Å². The fourth-order valence-electron chi connectivity index (χ4n) is 4.37. The Hall–Kier alpha value is -4.41. The van der Waals surface area contributed by atoms with Gasteiger partial charge in [-0.2, -0.15) is 0 Å². The maximum Gasteiger partial charge on any atom is 0.339 e. The molecule has 11 heteroatoms. The number of hydrogen-bond donors (Lipinski definition) is 1. The second kappa shape index (κ2) is 12.0. The topological polar surface area (TPSA) is 108 Å². The van der Waals surface area contributed by atoms with Gasteiger partial charge in [0.25, 0.3) is 5.91 Å². The SMILES string of the molecule is CC(=O)NC[C@H]1C=C(c2ccc(N3CCN(C(=O)COC(=O)c4ccc(N(C)C)cc4)CC3)c(F)c2)C(=O)O1. The minimum Gasteiger partial charge on any atom is -0.453 e. The molecule has 0 aromatic heterocycles.